The molecule has 1 aromatic heterocycles. The number of pyridine rings is 1. The van der Waals surface area contributed by atoms with Gasteiger partial charge < -0.3 is 15.5 Å². The predicted molar refractivity (Wildman–Crippen MR) is 83.0 cm³/mol. The number of rotatable bonds is 3. The molecule has 4 heteroatoms. The highest BCUT2D eigenvalue weighted by Crippen LogP contribution is 2.21. The van der Waals surface area contributed by atoms with Gasteiger partial charge in [-0.1, -0.05) is 12.1 Å². The lowest BCUT2D eigenvalue weighted by Gasteiger charge is -2.30. The van der Waals surface area contributed by atoms with Crippen molar-refractivity contribution >= 4 is 10.9 Å². The van der Waals surface area contributed by atoms with E-state index in [2.05, 4.69) is 35.4 Å². The zero-order valence-corrected chi connectivity index (χ0v) is 12.3. The third-order valence-electron chi connectivity index (χ3n) is 4.33. The average Bonchev–Trinajstić information content (AvgIpc) is 2.49. The number of nitrogens with one attached hydrogen (secondary N) is 1. The van der Waals surface area contributed by atoms with Gasteiger partial charge in [-0.05, 0) is 49.4 Å². The lowest BCUT2D eigenvalue weighted by molar-refractivity contribution is -0.0183. The van der Waals surface area contributed by atoms with E-state index in [1.54, 1.807) is 0 Å². The maximum absolute atomic E-state index is 9.73. The van der Waals surface area contributed by atoms with E-state index >= 15 is 0 Å². The number of hydrogen-bond donors (Lipinski definition) is 3. The Labute approximate surface area is 124 Å². The quantitative estimate of drug-likeness (QED) is 0.806. The van der Waals surface area contributed by atoms with Gasteiger partial charge in [0.2, 0.25) is 0 Å². The molecular formula is C17H22N2O2. The Morgan fingerprint density at radius 2 is 2.10 bits per heavy atom. The molecule has 4 nitrogen and oxygen atoms in total. The van der Waals surface area contributed by atoms with Crippen LogP contribution in [0, 0.1) is 6.92 Å². The van der Waals surface area contributed by atoms with Crippen LogP contribution in [0.5, 0.6) is 0 Å². The van der Waals surface area contributed by atoms with Crippen LogP contribution in [-0.4, -0.2) is 33.4 Å². The molecule has 1 unspecified atom stereocenters. The van der Waals surface area contributed by atoms with Crippen LogP contribution in [0.25, 0.3) is 10.9 Å². The number of fused-ring (bicyclic) bond motifs is 1. The summed E-state index contributed by atoms with van der Waals surface area (Å²) in [6.07, 6.45) is 2.86. The van der Waals surface area contributed by atoms with Gasteiger partial charge in [-0.2, -0.15) is 0 Å². The van der Waals surface area contributed by atoms with Crippen LogP contribution in [0.1, 0.15) is 30.4 Å². The van der Waals surface area contributed by atoms with Crippen molar-refractivity contribution in [2.24, 2.45) is 0 Å². The number of benzene rings is 1. The molecule has 0 radical (unpaired) electrons. The average molecular weight is 286 g/mol. The van der Waals surface area contributed by atoms with Crippen LogP contribution < -0.4 is 5.32 Å². The van der Waals surface area contributed by atoms with Crippen molar-refractivity contribution in [3.63, 3.8) is 0 Å². The van der Waals surface area contributed by atoms with Gasteiger partial charge in [-0.3, -0.25) is 4.98 Å². The van der Waals surface area contributed by atoms with Crippen LogP contribution in [0.3, 0.4) is 0 Å². The van der Waals surface area contributed by atoms with E-state index in [0.717, 1.165) is 23.9 Å². The molecule has 1 aliphatic rings. The van der Waals surface area contributed by atoms with E-state index in [1.165, 1.54) is 11.1 Å². The summed E-state index contributed by atoms with van der Waals surface area (Å²) in [5.41, 5.74) is 3.47. The first kappa shape index (κ1) is 14.4. The van der Waals surface area contributed by atoms with Gasteiger partial charge in [0.15, 0.2) is 0 Å². The number of nitrogens with zero attached hydrogens (tertiary/aromatic N) is 1. The molecule has 0 bridgehead atoms. The first-order valence-corrected chi connectivity index (χ1v) is 7.57. The molecular weight excluding hydrogens is 264 g/mol. The fourth-order valence-electron chi connectivity index (χ4n) is 3.13. The van der Waals surface area contributed by atoms with Crippen molar-refractivity contribution in [1.82, 2.24) is 10.3 Å². The van der Waals surface area contributed by atoms with Gasteiger partial charge in [0, 0.05) is 24.2 Å². The highest BCUT2D eigenvalue weighted by molar-refractivity contribution is 5.82. The highest BCUT2D eigenvalue weighted by atomic mass is 16.3. The summed E-state index contributed by atoms with van der Waals surface area (Å²) in [4.78, 5) is 4.41. The lowest BCUT2D eigenvalue weighted by Crippen LogP contribution is -2.42. The van der Waals surface area contributed by atoms with E-state index in [9.17, 15) is 10.2 Å². The molecule has 112 valence electrons. The zero-order chi connectivity index (χ0) is 14.8. The van der Waals surface area contributed by atoms with Gasteiger partial charge >= 0.3 is 0 Å². The Balaban J connectivity index is 1.68. The van der Waals surface area contributed by atoms with Crippen molar-refractivity contribution in [3.8, 4) is 0 Å². The largest absolute Gasteiger partial charge is 0.390 e. The summed E-state index contributed by atoms with van der Waals surface area (Å²) in [7, 11) is 0. The number of aromatic nitrogens is 1. The Hall–Kier alpha value is -1.49. The maximum Gasteiger partial charge on any atom is 0.0813 e. The number of aliphatic hydroxyl groups excluding tert-OH is 2. The Morgan fingerprint density at radius 3 is 2.90 bits per heavy atom. The molecule has 1 aliphatic carbocycles. The Kier molecular flexibility index (Phi) is 4.19. The van der Waals surface area contributed by atoms with Gasteiger partial charge in [0.1, 0.15) is 0 Å². The topological polar surface area (TPSA) is 65.4 Å². The molecule has 1 saturated carbocycles. The summed E-state index contributed by atoms with van der Waals surface area (Å²) in [6.45, 7) is 2.86. The summed E-state index contributed by atoms with van der Waals surface area (Å²) < 4.78 is 0. The first-order chi connectivity index (χ1) is 10.1. The highest BCUT2D eigenvalue weighted by Gasteiger charge is 2.26. The minimum atomic E-state index is -0.598. The molecule has 1 aromatic carbocycles. The summed E-state index contributed by atoms with van der Waals surface area (Å²) in [5.74, 6) is 0. The summed E-state index contributed by atoms with van der Waals surface area (Å²) in [6, 6.07) is 8.64. The van der Waals surface area contributed by atoms with Gasteiger partial charge in [-0.15, -0.1) is 0 Å². The zero-order valence-electron chi connectivity index (χ0n) is 12.3. The molecule has 2 aromatic rings. The van der Waals surface area contributed by atoms with Gasteiger partial charge in [-0.25, -0.2) is 0 Å². The maximum atomic E-state index is 9.73. The first-order valence-electron chi connectivity index (χ1n) is 7.57. The predicted octanol–water partition coefficient (Wildman–Crippen LogP) is 1.91. The van der Waals surface area contributed by atoms with Gasteiger partial charge in [0.25, 0.3) is 0 Å². The monoisotopic (exact) mass is 286 g/mol. The van der Waals surface area contributed by atoms with Crippen LogP contribution in [-0.2, 0) is 6.54 Å². The Bertz CT molecular complexity index is 629. The number of hydrogen-bond acceptors (Lipinski definition) is 4. The molecule has 0 saturated heterocycles. The summed E-state index contributed by atoms with van der Waals surface area (Å²) in [5, 5.41) is 23.9. The van der Waals surface area contributed by atoms with Crippen LogP contribution in [0.4, 0.5) is 0 Å². The lowest BCUT2D eigenvalue weighted by atomic mass is 9.90. The fourth-order valence-corrected chi connectivity index (χ4v) is 3.13. The molecule has 3 atom stereocenters. The van der Waals surface area contributed by atoms with Crippen molar-refractivity contribution in [1.29, 1.82) is 0 Å². The molecule has 21 heavy (non-hydrogen) atoms. The number of aliphatic hydroxyl groups is 2. The third-order valence-corrected chi connectivity index (χ3v) is 4.33. The van der Waals surface area contributed by atoms with Crippen LogP contribution >= 0.6 is 0 Å². The van der Waals surface area contributed by atoms with Crippen molar-refractivity contribution in [3.05, 3.63) is 41.6 Å². The van der Waals surface area contributed by atoms with E-state index in [4.69, 9.17) is 0 Å². The van der Waals surface area contributed by atoms with E-state index in [1.807, 2.05) is 12.3 Å². The Morgan fingerprint density at radius 1 is 1.24 bits per heavy atom. The standard InChI is InChI=1S/C17H22N2O2/c1-11-7-12(8-13-3-2-6-18-17(11)13)10-19-14-4-5-15(20)16(21)9-14/h2-3,6-8,14-16,19-21H,4-5,9-10H2,1H3/t14?,15-,16+/m1/s1. The second-order valence-corrected chi connectivity index (χ2v) is 6.01. The normalized spacial score (nSPS) is 26.1. The molecule has 1 heterocycles. The van der Waals surface area contributed by atoms with Crippen molar-refractivity contribution in [2.75, 3.05) is 0 Å². The molecule has 0 aliphatic heterocycles. The van der Waals surface area contributed by atoms with Crippen molar-refractivity contribution in [2.45, 2.75) is 51.0 Å². The van der Waals surface area contributed by atoms with Crippen LogP contribution in [0.15, 0.2) is 30.5 Å². The second-order valence-electron chi connectivity index (χ2n) is 6.01. The molecule has 3 rings (SSSR count). The molecule has 0 spiro atoms. The summed E-state index contributed by atoms with van der Waals surface area (Å²) >= 11 is 0. The minimum Gasteiger partial charge on any atom is -0.390 e. The second kappa shape index (κ2) is 6.10. The molecule has 3 N–H and O–H groups in total. The van der Waals surface area contributed by atoms with E-state index in [-0.39, 0.29) is 6.04 Å². The molecule has 1 fully saturated rings. The van der Waals surface area contributed by atoms with E-state index in [0.29, 0.717) is 12.8 Å². The van der Waals surface area contributed by atoms with Crippen LogP contribution in [0.2, 0.25) is 0 Å². The number of aryl methyl sites for hydroxylation is 1. The minimum absolute atomic E-state index is 0.272. The SMILES string of the molecule is Cc1cc(CNC2CC[C@@H](O)[C@@H](O)C2)cc2cccnc12. The van der Waals surface area contributed by atoms with E-state index < -0.39 is 12.2 Å². The smallest absolute Gasteiger partial charge is 0.0813 e. The third kappa shape index (κ3) is 3.23. The molecule has 0 amide bonds. The fraction of sp³-hybridized carbons (Fsp3) is 0.471. The van der Waals surface area contributed by atoms with Gasteiger partial charge in [0.05, 0.1) is 17.7 Å². The van der Waals surface area contributed by atoms with Crippen molar-refractivity contribution < 1.29 is 10.2 Å².